The number of hydrogen-bond donors (Lipinski definition) is 0. The molecule has 1 unspecified atom stereocenters. The number of fused-ring (bicyclic) bond motifs is 18. The second-order valence-electron chi connectivity index (χ2n) is 38.9. The summed E-state index contributed by atoms with van der Waals surface area (Å²) in [5, 5.41) is 12.4. The van der Waals surface area contributed by atoms with Crippen molar-refractivity contribution in [3.05, 3.63) is 587 Å². The molecule has 30 rings (SSSR count). The second-order valence-corrected chi connectivity index (χ2v) is 38.9. The van der Waals surface area contributed by atoms with Gasteiger partial charge in [-0.3, -0.25) is 9.13 Å². The molecule has 702 valence electrons. The summed E-state index contributed by atoms with van der Waals surface area (Å²) in [6.45, 7) is 0. The molecule has 7 heteroatoms. The van der Waals surface area contributed by atoms with Crippen molar-refractivity contribution < 1.29 is 0 Å². The molecule has 7 aromatic heterocycles. The standard InChI is InChI=1S/C49H33N.2C47H31N3/c1-4-15-33(16-5-1)37-29-38(34-17-6-2-7-18-34)31-39(30-37)50-46-26-13-12-21-41(46)45-32-36(27-28-47(45)50)40-24-14-25-44-48(35-19-8-3-9-20-35)42-22-10-11-23-43(42)49(40)44;1-4-15-32(16-5-1)35-29-41(33-17-6-2-7-18-33)48-46(31-35)50-42-24-12-10-21-38(42)39-28-27-34(30-45(39)50)37-23-14-26-44-47(37)40-22-11-13-25-43(40)49(44)36-19-8-3-9-20-36;1-4-15-32(16-5-1)35-29-41(33-17-6-2-7-18-33)48-46(31-35)50-43-25-13-11-22-40(43)47-37(23-14-26-44(47)50)34-27-28-39-38-21-10-12-24-42(38)49(45(39)30-34)36-19-8-3-9-20-36/h1-32,48H;2*1-31H. The molecule has 7 nitrogen and oxygen atoms in total. The van der Waals surface area contributed by atoms with Crippen molar-refractivity contribution in [2.75, 3.05) is 0 Å². The molecule has 29 aromatic rings. The van der Waals surface area contributed by atoms with Gasteiger partial charge in [0.2, 0.25) is 0 Å². The molecular weight excluding hydrogens is 1820 g/mol. The van der Waals surface area contributed by atoms with Crippen molar-refractivity contribution >= 4 is 109 Å². The Morgan fingerprint density at radius 3 is 0.927 bits per heavy atom. The van der Waals surface area contributed by atoms with E-state index in [2.05, 4.69) is 593 Å². The zero-order valence-electron chi connectivity index (χ0n) is 82.0. The normalized spacial score (nSPS) is 12.2. The van der Waals surface area contributed by atoms with Crippen molar-refractivity contribution in [1.29, 1.82) is 0 Å². The molecule has 0 spiro atoms. The highest BCUT2D eigenvalue weighted by Crippen LogP contribution is 2.54. The molecule has 0 saturated carbocycles. The van der Waals surface area contributed by atoms with E-state index in [0.717, 1.165) is 95.5 Å². The number of rotatable bonds is 15. The third-order valence-corrected chi connectivity index (χ3v) is 30.3. The molecule has 1 atom stereocenters. The predicted octanol–water partition coefficient (Wildman–Crippen LogP) is 37.5. The number of aromatic nitrogens is 7. The topological polar surface area (TPSA) is 50.4 Å². The monoisotopic (exact) mass is 1910 g/mol. The molecule has 0 amide bonds. The summed E-state index contributed by atoms with van der Waals surface area (Å²) in [7, 11) is 0. The zero-order chi connectivity index (χ0) is 99.1. The first-order valence-electron chi connectivity index (χ1n) is 51.5. The van der Waals surface area contributed by atoms with Crippen molar-refractivity contribution in [2.24, 2.45) is 0 Å². The van der Waals surface area contributed by atoms with E-state index >= 15 is 0 Å². The highest BCUT2D eigenvalue weighted by atomic mass is 15.1. The van der Waals surface area contributed by atoms with Crippen molar-refractivity contribution in [3.63, 3.8) is 0 Å². The average molecular weight is 1910 g/mol. The Morgan fingerprint density at radius 1 is 0.147 bits per heavy atom. The van der Waals surface area contributed by atoms with Crippen LogP contribution >= 0.6 is 0 Å². The summed E-state index contributed by atoms with van der Waals surface area (Å²) in [5.74, 6) is 2.02. The van der Waals surface area contributed by atoms with Crippen LogP contribution in [-0.2, 0) is 0 Å². The Bertz CT molecular complexity index is 10100. The molecule has 0 radical (unpaired) electrons. The molecule has 1 aliphatic carbocycles. The largest absolute Gasteiger partial charge is 0.309 e. The molecule has 0 saturated heterocycles. The van der Waals surface area contributed by atoms with Gasteiger partial charge in [-0.15, -0.1) is 0 Å². The quantitative estimate of drug-likeness (QED) is 0.103. The van der Waals surface area contributed by atoms with Gasteiger partial charge in [-0.25, -0.2) is 9.97 Å². The summed E-state index contributed by atoms with van der Waals surface area (Å²) in [5.41, 5.74) is 42.8. The van der Waals surface area contributed by atoms with E-state index in [9.17, 15) is 0 Å². The lowest BCUT2D eigenvalue weighted by Crippen LogP contribution is -2.00. The maximum Gasteiger partial charge on any atom is 0.138 e. The van der Waals surface area contributed by atoms with Crippen molar-refractivity contribution in [1.82, 2.24) is 32.8 Å². The second kappa shape index (κ2) is 37.4. The summed E-state index contributed by atoms with van der Waals surface area (Å²) in [6, 6.07) is 206. The van der Waals surface area contributed by atoms with Gasteiger partial charge in [-0.05, 0) is 239 Å². The van der Waals surface area contributed by atoms with E-state index in [4.69, 9.17) is 9.97 Å². The molecule has 0 bridgehead atoms. The Labute approximate surface area is 868 Å². The van der Waals surface area contributed by atoms with E-state index in [1.807, 2.05) is 0 Å². The minimum atomic E-state index is 0.226. The first-order chi connectivity index (χ1) is 74.4. The van der Waals surface area contributed by atoms with Gasteiger partial charge < -0.3 is 13.7 Å². The predicted molar refractivity (Wildman–Crippen MR) is 628 cm³/mol. The molecule has 150 heavy (non-hydrogen) atoms. The molecular formula is C143H95N7. The summed E-state index contributed by atoms with van der Waals surface area (Å²) in [6.07, 6.45) is 0. The first kappa shape index (κ1) is 87.9. The smallest absolute Gasteiger partial charge is 0.138 e. The van der Waals surface area contributed by atoms with Gasteiger partial charge in [0.15, 0.2) is 0 Å². The summed E-state index contributed by atoms with van der Waals surface area (Å²) >= 11 is 0. The highest BCUT2D eigenvalue weighted by molar-refractivity contribution is 6.20. The Kier molecular flexibility index (Phi) is 21.9. The number of hydrogen-bond acceptors (Lipinski definition) is 2. The lowest BCUT2D eigenvalue weighted by atomic mass is 9.88. The lowest BCUT2D eigenvalue weighted by molar-refractivity contribution is 1.02. The average Bonchev–Trinajstić information content (AvgIpc) is 1.58. The van der Waals surface area contributed by atoms with Crippen LogP contribution in [0.25, 0.3) is 249 Å². The van der Waals surface area contributed by atoms with Crippen LogP contribution in [0, 0.1) is 0 Å². The van der Waals surface area contributed by atoms with Gasteiger partial charge in [0.25, 0.3) is 0 Å². The molecule has 0 aliphatic heterocycles. The fourth-order valence-corrected chi connectivity index (χ4v) is 23.6. The van der Waals surface area contributed by atoms with E-state index in [1.54, 1.807) is 0 Å². The minimum absolute atomic E-state index is 0.226. The molecule has 0 fully saturated rings. The fraction of sp³-hybridized carbons (Fsp3) is 0.00699. The van der Waals surface area contributed by atoms with Crippen molar-refractivity contribution in [2.45, 2.75) is 5.92 Å². The van der Waals surface area contributed by atoms with Crippen LogP contribution in [0.2, 0.25) is 0 Å². The highest BCUT2D eigenvalue weighted by Gasteiger charge is 2.33. The van der Waals surface area contributed by atoms with E-state index in [1.165, 1.54) is 170 Å². The molecule has 1 aliphatic rings. The van der Waals surface area contributed by atoms with Gasteiger partial charge in [-0.1, -0.05) is 437 Å². The fourth-order valence-electron chi connectivity index (χ4n) is 23.6. The number of benzene rings is 22. The minimum Gasteiger partial charge on any atom is -0.309 e. The van der Waals surface area contributed by atoms with E-state index < -0.39 is 0 Å². The lowest BCUT2D eigenvalue weighted by Gasteiger charge is -2.15. The molecule has 0 N–H and O–H groups in total. The molecule has 7 heterocycles. The van der Waals surface area contributed by atoms with Crippen LogP contribution in [0.1, 0.15) is 22.6 Å². The van der Waals surface area contributed by atoms with Crippen LogP contribution < -0.4 is 0 Å². The van der Waals surface area contributed by atoms with Gasteiger partial charge in [-0.2, -0.15) is 0 Å². The van der Waals surface area contributed by atoms with E-state index in [0.29, 0.717) is 0 Å². The number of para-hydroxylation sites is 7. The summed E-state index contributed by atoms with van der Waals surface area (Å²) in [4.78, 5) is 10.7. The van der Waals surface area contributed by atoms with Gasteiger partial charge in [0.05, 0.1) is 66.6 Å². The van der Waals surface area contributed by atoms with Crippen LogP contribution in [0.3, 0.4) is 0 Å². The maximum atomic E-state index is 5.36. The Hall–Kier alpha value is -19.9. The van der Waals surface area contributed by atoms with E-state index in [-0.39, 0.29) is 5.92 Å². The van der Waals surface area contributed by atoms with Crippen LogP contribution in [0.5, 0.6) is 0 Å². The third-order valence-electron chi connectivity index (χ3n) is 30.3. The van der Waals surface area contributed by atoms with Gasteiger partial charge in [0.1, 0.15) is 11.6 Å². The van der Waals surface area contributed by atoms with Crippen LogP contribution in [0.15, 0.2) is 570 Å². The Morgan fingerprint density at radius 2 is 0.447 bits per heavy atom. The SMILES string of the molecule is c1ccc(-c2cc(-c3ccccc3)cc(-n3c4ccccc4c4cc(-c5cccc6c5-c5ccccc5C6c5ccccc5)ccc43)c2)cc1.c1ccc(-c2cc(-c3ccccc3)nc(-n3c4ccccc4c4c(-c5ccc6c7ccccc7n(-c7ccccc7)c6c5)cccc43)c2)cc1.c1ccc(-c2cc(-c3ccccc3)nc(-n3c4ccccc4c4ccc(-c5cccc6c5c5ccccc5n6-c5ccccc5)cc43)c2)cc1. The third kappa shape index (κ3) is 15.4. The first-order valence-corrected chi connectivity index (χ1v) is 51.5. The van der Waals surface area contributed by atoms with Crippen LogP contribution in [-0.4, -0.2) is 32.8 Å². The number of pyridine rings is 2. The maximum absolute atomic E-state index is 5.36. The molecule has 22 aromatic carbocycles. The van der Waals surface area contributed by atoms with Gasteiger partial charge >= 0.3 is 0 Å². The van der Waals surface area contributed by atoms with Gasteiger partial charge in [0, 0.05) is 88.0 Å². The van der Waals surface area contributed by atoms with Crippen molar-refractivity contribution in [3.8, 4) is 140 Å². The number of nitrogens with zero attached hydrogens (tertiary/aromatic N) is 7. The zero-order valence-corrected chi connectivity index (χ0v) is 82.0. The van der Waals surface area contributed by atoms with Crippen LogP contribution in [0.4, 0.5) is 0 Å². The Balaban J connectivity index is 0.000000108. The summed E-state index contributed by atoms with van der Waals surface area (Å²) < 4.78 is 11.9.